The van der Waals surface area contributed by atoms with Crippen LogP contribution in [0.3, 0.4) is 0 Å². The second kappa shape index (κ2) is 7.20. The molecule has 4 nitrogen and oxygen atoms in total. The Morgan fingerprint density at radius 1 is 1.10 bits per heavy atom. The molecule has 0 fully saturated rings. The number of nitrogens with one attached hydrogen (secondary N) is 2. The van der Waals surface area contributed by atoms with Gasteiger partial charge in [-0.15, -0.1) is 0 Å². The average molecular weight is 298 g/mol. The van der Waals surface area contributed by atoms with Crippen LogP contribution in [0, 0.1) is 0 Å². The van der Waals surface area contributed by atoms with E-state index < -0.39 is 15.6 Å². The van der Waals surface area contributed by atoms with E-state index in [4.69, 9.17) is 0 Å². The molecule has 0 aliphatic heterocycles. The molecule has 0 heterocycles. The van der Waals surface area contributed by atoms with Crippen LogP contribution >= 0.6 is 0 Å². The van der Waals surface area contributed by atoms with E-state index in [9.17, 15) is 8.42 Å². The van der Waals surface area contributed by atoms with E-state index in [1.165, 1.54) is 0 Å². The normalized spacial score (nSPS) is 12.6. The first-order valence-electron chi connectivity index (χ1n) is 7.14. The van der Waals surface area contributed by atoms with Crippen LogP contribution in [0.15, 0.2) is 29.2 Å². The van der Waals surface area contributed by atoms with E-state index in [2.05, 4.69) is 17.0 Å². The molecule has 0 bridgehead atoms. The smallest absolute Gasteiger partial charge is 0.241 e. The van der Waals surface area contributed by atoms with Crippen molar-refractivity contribution >= 4 is 10.0 Å². The van der Waals surface area contributed by atoms with Crippen LogP contribution in [0.1, 0.15) is 39.7 Å². The van der Waals surface area contributed by atoms with Gasteiger partial charge in [-0.2, -0.15) is 0 Å². The summed E-state index contributed by atoms with van der Waals surface area (Å²) in [4.78, 5) is 0.325. The Morgan fingerprint density at radius 2 is 1.70 bits per heavy atom. The summed E-state index contributed by atoms with van der Waals surface area (Å²) in [6.07, 6.45) is 1.65. The monoisotopic (exact) mass is 298 g/mol. The van der Waals surface area contributed by atoms with Gasteiger partial charge in [-0.05, 0) is 57.5 Å². The van der Waals surface area contributed by atoms with Crippen molar-refractivity contribution in [2.75, 3.05) is 13.1 Å². The third-order valence-electron chi connectivity index (χ3n) is 3.37. The van der Waals surface area contributed by atoms with Gasteiger partial charge in [0.05, 0.1) is 4.90 Å². The molecule has 0 radical (unpaired) electrons. The number of likely N-dealkylation sites (N-methyl/N-ethyl adjacent to an activating group) is 1. The van der Waals surface area contributed by atoms with Crippen LogP contribution in [0.25, 0.3) is 0 Å². The Balaban J connectivity index is 2.77. The van der Waals surface area contributed by atoms with Crippen LogP contribution < -0.4 is 10.0 Å². The minimum absolute atomic E-state index is 0.325. The van der Waals surface area contributed by atoms with Gasteiger partial charge in [0.2, 0.25) is 10.0 Å². The predicted octanol–water partition coefficient (Wildman–Crippen LogP) is 2.31. The first-order valence-corrected chi connectivity index (χ1v) is 8.62. The molecule has 0 aromatic heterocycles. The van der Waals surface area contributed by atoms with E-state index in [1.807, 2.05) is 32.9 Å². The van der Waals surface area contributed by atoms with Gasteiger partial charge in [-0.25, -0.2) is 13.1 Å². The Morgan fingerprint density at radius 3 is 2.20 bits per heavy atom. The maximum Gasteiger partial charge on any atom is 0.241 e. The lowest BCUT2D eigenvalue weighted by Crippen LogP contribution is -2.42. The lowest BCUT2D eigenvalue weighted by atomic mass is 10.0. The van der Waals surface area contributed by atoms with Crippen LogP contribution in [0.2, 0.25) is 0 Å². The molecule has 1 aromatic carbocycles. The van der Waals surface area contributed by atoms with Gasteiger partial charge < -0.3 is 5.32 Å². The van der Waals surface area contributed by atoms with Gasteiger partial charge in [0, 0.05) is 5.54 Å². The van der Waals surface area contributed by atoms with E-state index in [0.29, 0.717) is 4.90 Å². The molecule has 5 heteroatoms. The van der Waals surface area contributed by atoms with Gasteiger partial charge >= 0.3 is 0 Å². The van der Waals surface area contributed by atoms with Crippen LogP contribution in [0.4, 0.5) is 0 Å². The first-order chi connectivity index (χ1) is 9.30. The van der Waals surface area contributed by atoms with Gasteiger partial charge in [0.25, 0.3) is 0 Å². The second-order valence-electron chi connectivity index (χ2n) is 5.59. The molecule has 0 spiro atoms. The summed E-state index contributed by atoms with van der Waals surface area (Å²) in [5.74, 6) is 0. The van der Waals surface area contributed by atoms with Crippen molar-refractivity contribution in [3.8, 4) is 0 Å². The third kappa shape index (κ3) is 5.23. The fourth-order valence-electron chi connectivity index (χ4n) is 1.74. The molecular weight excluding hydrogens is 272 g/mol. The first kappa shape index (κ1) is 17.1. The van der Waals surface area contributed by atoms with E-state index in [1.54, 1.807) is 12.1 Å². The van der Waals surface area contributed by atoms with E-state index >= 15 is 0 Å². The van der Waals surface area contributed by atoms with Crippen LogP contribution in [0.5, 0.6) is 0 Å². The van der Waals surface area contributed by atoms with Gasteiger partial charge in [0.1, 0.15) is 0 Å². The van der Waals surface area contributed by atoms with Crippen molar-refractivity contribution in [1.82, 2.24) is 10.0 Å². The molecule has 1 aromatic rings. The molecule has 0 unspecified atom stereocenters. The number of rotatable bonds is 8. The van der Waals surface area contributed by atoms with Crippen molar-refractivity contribution in [2.24, 2.45) is 0 Å². The molecule has 20 heavy (non-hydrogen) atoms. The summed E-state index contributed by atoms with van der Waals surface area (Å²) in [7, 11) is -3.44. The molecule has 0 aliphatic rings. The Kier molecular flexibility index (Phi) is 6.17. The van der Waals surface area contributed by atoms with Crippen LogP contribution in [-0.4, -0.2) is 27.0 Å². The number of hydrogen-bond acceptors (Lipinski definition) is 3. The fraction of sp³-hybridized carbons (Fsp3) is 0.600. The molecule has 0 aliphatic carbocycles. The van der Waals surface area contributed by atoms with Gasteiger partial charge in [-0.3, -0.25) is 0 Å². The van der Waals surface area contributed by atoms with Gasteiger partial charge in [0.15, 0.2) is 0 Å². The van der Waals surface area contributed by atoms with E-state index in [0.717, 1.165) is 31.5 Å². The maximum atomic E-state index is 12.3. The van der Waals surface area contributed by atoms with Gasteiger partial charge in [-0.1, -0.05) is 26.0 Å². The summed E-state index contributed by atoms with van der Waals surface area (Å²) < 4.78 is 27.2. The number of benzene rings is 1. The van der Waals surface area contributed by atoms with Crippen molar-refractivity contribution in [3.05, 3.63) is 29.8 Å². The highest BCUT2D eigenvalue weighted by atomic mass is 32.2. The lowest BCUT2D eigenvalue weighted by Gasteiger charge is -2.24. The predicted molar refractivity (Wildman–Crippen MR) is 83.4 cm³/mol. The summed E-state index contributed by atoms with van der Waals surface area (Å²) in [6, 6.07) is 7.11. The minimum Gasteiger partial charge on any atom is -0.317 e. The molecule has 0 amide bonds. The molecule has 2 N–H and O–H groups in total. The van der Waals surface area contributed by atoms with Crippen molar-refractivity contribution in [3.63, 3.8) is 0 Å². The fourth-order valence-corrected chi connectivity index (χ4v) is 3.22. The Bertz CT molecular complexity index is 507. The zero-order chi connectivity index (χ0) is 15.2. The van der Waals surface area contributed by atoms with E-state index in [-0.39, 0.29) is 0 Å². The molecule has 0 saturated heterocycles. The summed E-state index contributed by atoms with van der Waals surface area (Å²) >= 11 is 0. The van der Waals surface area contributed by atoms with Crippen molar-refractivity contribution < 1.29 is 8.42 Å². The quantitative estimate of drug-likeness (QED) is 0.724. The zero-order valence-electron chi connectivity index (χ0n) is 12.9. The largest absolute Gasteiger partial charge is 0.317 e. The lowest BCUT2D eigenvalue weighted by molar-refractivity contribution is 0.439. The molecule has 0 atom stereocenters. The summed E-state index contributed by atoms with van der Waals surface area (Å²) in [5, 5.41) is 3.25. The standard InChI is InChI=1S/C15H26N2O2S/c1-5-15(3,4)17-20(18,19)14-9-7-13(8-10-14)11-12-16-6-2/h7-10,16-17H,5-6,11-12H2,1-4H3. The highest BCUT2D eigenvalue weighted by molar-refractivity contribution is 7.89. The average Bonchev–Trinajstić information content (AvgIpc) is 2.38. The Hall–Kier alpha value is -0.910. The summed E-state index contributed by atoms with van der Waals surface area (Å²) in [6.45, 7) is 9.65. The molecule has 1 rings (SSSR count). The van der Waals surface area contributed by atoms with Crippen molar-refractivity contribution in [2.45, 2.75) is 51.0 Å². The highest BCUT2D eigenvalue weighted by Crippen LogP contribution is 2.16. The second-order valence-corrected chi connectivity index (χ2v) is 7.27. The summed E-state index contributed by atoms with van der Waals surface area (Å²) in [5.41, 5.74) is 0.711. The molecule has 114 valence electrons. The maximum absolute atomic E-state index is 12.3. The third-order valence-corrected chi connectivity index (χ3v) is 5.08. The van der Waals surface area contributed by atoms with Crippen molar-refractivity contribution in [1.29, 1.82) is 0 Å². The van der Waals surface area contributed by atoms with Crippen LogP contribution in [-0.2, 0) is 16.4 Å². The molecular formula is C15H26N2O2S. The Labute approximate surface area is 123 Å². The zero-order valence-corrected chi connectivity index (χ0v) is 13.7. The SMILES string of the molecule is CCNCCc1ccc(S(=O)(=O)NC(C)(C)CC)cc1. The minimum atomic E-state index is -3.44. The highest BCUT2D eigenvalue weighted by Gasteiger charge is 2.24. The number of hydrogen-bond donors (Lipinski definition) is 2. The number of sulfonamides is 1. The molecule has 0 saturated carbocycles. The topological polar surface area (TPSA) is 58.2 Å².